The van der Waals surface area contributed by atoms with E-state index in [0.29, 0.717) is 0 Å². The number of aryl methyl sites for hydroxylation is 1. The normalized spacial score (nSPS) is 17.6. The third-order valence-electron chi connectivity index (χ3n) is 3.36. The van der Waals surface area contributed by atoms with E-state index in [0.717, 1.165) is 24.6 Å². The van der Waals surface area contributed by atoms with Crippen molar-refractivity contribution in [1.29, 1.82) is 0 Å². The molecule has 1 aliphatic rings. The third-order valence-corrected chi connectivity index (χ3v) is 3.36. The second kappa shape index (κ2) is 5.65. The molecule has 0 spiro atoms. The van der Waals surface area contributed by atoms with Gasteiger partial charge in [0.15, 0.2) is 0 Å². The summed E-state index contributed by atoms with van der Waals surface area (Å²) in [4.78, 5) is 2.51. The summed E-state index contributed by atoms with van der Waals surface area (Å²) in [7, 11) is 1.93. The molecule has 1 saturated carbocycles. The summed E-state index contributed by atoms with van der Waals surface area (Å²) >= 11 is 0. The fraction of sp³-hybridized carbons (Fsp3) is 0.769. The van der Waals surface area contributed by atoms with E-state index in [1.807, 2.05) is 24.1 Å². The molecule has 17 heavy (non-hydrogen) atoms. The Labute approximate surface area is 104 Å². The number of hydrogen-bond donors (Lipinski definition) is 1. The van der Waals surface area contributed by atoms with Crippen molar-refractivity contribution in [1.82, 2.24) is 14.7 Å². The standard InChI is InChI=1S/C13H24N4/c1-3-6-17(8-11-4-5-11)10-13(14)12-7-15-16(2)9-12/h7,9,11,13H,3-6,8,10,14H2,1-2H3. The molecule has 4 nitrogen and oxygen atoms in total. The smallest absolute Gasteiger partial charge is 0.0537 e. The molecule has 1 aromatic heterocycles. The molecule has 0 amide bonds. The first-order valence-corrected chi connectivity index (χ1v) is 6.65. The minimum absolute atomic E-state index is 0.0917. The summed E-state index contributed by atoms with van der Waals surface area (Å²) in [6.45, 7) is 5.57. The number of nitrogens with two attached hydrogens (primary N) is 1. The highest BCUT2D eigenvalue weighted by atomic mass is 15.2. The molecule has 0 aromatic carbocycles. The van der Waals surface area contributed by atoms with Crippen LogP contribution in [0.1, 0.15) is 37.8 Å². The summed E-state index contributed by atoms with van der Waals surface area (Å²) in [5.41, 5.74) is 7.38. The van der Waals surface area contributed by atoms with Crippen LogP contribution in [0.25, 0.3) is 0 Å². The van der Waals surface area contributed by atoms with Crippen LogP contribution in [0.5, 0.6) is 0 Å². The van der Waals surface area contributed by atoms with Crippen molar-refractivity contribution in [2.45, 2.75) is 32.2 Å². The van der Waals surface area contributed by atoms with Crippen molar-refractivity contribution in [3.63, 3.8) is 0 Å². The lowest BCUT2D eigenvalue weighted by atomic mass is 10.1. The molecule has 0 aliphatic heterocycles. The average molecular weight is 236 g/mol. The van der Waals surface area contributed by atoms with Crippen molar-refractivity contribution in [2.75, 3.05) is 19.6 Å². The Morgan fingerprint density at radius 2 is 2.35 bits per heavy atom. The van der Waals surface area contributed by atoms with Gasteiger partial charge in [-0.1, -0.05) is 6.92 Å². The van der Waals surface area contributed by atoms with Crippen LogP contribution < -0.4 is 5.73 Å². The molecule has 0 radical (unpaired) electrons. The second-order valence-corrected chi connectivity index (χ2v) is 5.26. The van der Waals surface area contributed by atoms with Gasteiger partial charge in [0.2, 0.25) is 0 Å². The fourth-order valence-corrected chi connectivity index (χ4v) is 2.25. The topological polar surface area (TPSA) is 47.1 Å². The maximum atomic E-state index is 6.24. The Hall–Kier alpha value is -0.870. The molecule has 1 aliphatic carbocycles. The molecule has 1 aromatic rings. The highest BCUT2D eigenvalue weighted by molar-refractivity contribution is 5.10. The SMILES string of the molecule is CCCN(CC1CC1)CC(N)c1cnn(C)c1. The summed E-state index contributed by atoms with van der Waals surface area (Å²) in [6, 6.07) is 0.0917. The van der Waals surface area contributed by atoms with Gasteiger partial charge in [-0.3, -0.25) is 4.68 Å². The van der Waals surface area contributed by atoms with Gasteiger partial charge in [0.25, 0.3) is 0 Å². The van der Waals surface area contributed by atoms with Gasteiger partial charge in [0.1, 0.15) is 0 Å². The molecule has 1 fully saturated rings. The van der Waals surface area contributed by atoms with Gasteiger partial charge < -0.3 is 10.6 Å². The number of nitrogens with zero attached hydrogens (tertiary/aromatic N) is 3. The van der Waals surface area contributed by atoms with Crippen molar-refractivity contribution in [3.05, 3.63) is 18.0 Å². The highest BCUT2D eigenvalue weighted by Crippen LogP contribution is 2.30. The quantitative estimate of drug-likeness (QED) is 0.781. The van der Waals surface area contributed by atoms with Crippen LogP contribution in [0.15, 0.2) is 12.4 Å². The Morgan fingerprint density at radius 3 is 2.88 bits per heavy atom. The molecule has 1 atom stereocenters. The van der Waals surface area contributed by atoms with Crippen LogP contribution in [0.3, 0.4) is 0 Å². The molecule has 96 valence electrons. The lowest BCUT2D eigenvalue weighted by molar-refractivity contribution is 0.248. The van der Waals surface area contributed by atoms with Crippen molar-refractivity contribution in [3.8, 4) is 0 Å². The Kier molecular flexibility index (Phi) is 4.18. The lowest BCUT2D eigenvalue weighted by Gasteiger charge is -2.24. The predicted molar refractivity (Wildman–Crippen MR) is 69.6 cm³/mol. The minimum atomic E-state index is 0.0917. The lowest BCUT2D eigenvalue weighted by Crippen LogP contribution is -2.34. The van der Waals surface area contributed by atoms with E-state index < -0.39 is 0 Å². The monoisotopic (exact) mass is 236 g/mol. The van der Waals surface area contributed by atoms with Crippen molar-refractivity contribution in [2.24, 2.45) is 18.7 Å². The van der Waals surface area contributed by atoms with E-state index in [4.69, 9.17) is 5.73 Å². The largest absolute Gasteiger partial charge is 0.323 e. The predicted octanol–water partition coefficient (Wildman–Crippen LogP) is 1.54. The molecule has 0 bridgehead atoms. The van der Waals surface area contributed by atoms with Crippen LogP contribution in [0, 0.1) is 5.92 Å². The summed E-state index contributed by atoms with van der Waals surface area (Å²) in [6.07, 6.45) is 7.91. The van der Waals surface area contributed by atoms with Crippen LogP contribution in [-0.4, -0.2) is 34.3 Å². The highest BCUT2D eigenvalue weighted by Gasteiger charge is 2.25. The van der Waals surface area contributed by atoms with Gasteiger partial charge in [-0.05, 0) is 31.7 Å². The molecule has 0 saturated heterocycles. The van der Waals surface area contributed by atoms with Gasteiger partial charge >= 0.3 is 0 Å². The molecule has 4 heteroatoms. The zero-order valence-corrected chi connectivity index (χ0v) is 11.0. The number of aromatic nitrogens is 2. The van der Waals surface area contributed by atoms with E-state index >= 15 is 0 Å². The van der Waals surface area contributed by atoms with E-state index in [9.17, 15) is 0 Å². The van der Waals surface area contributed by atoms with Crippen LogP contribution >= 0.6 is 0 Å². The fourth-order valence-electron chi connectivity index (χ4n) is 2.25. The zero-order chi connectivity index (χ0) is 12.3. The number of hydrogen-bond acceptors (Lipinski definition) is 3. The third kappa shape index (κ3) is 3.82. The number of rotatable bonds is 7. The minimum Gasteiger partial charge on any atom is -0.323 e. The average Bonchev–Trinajstić information content (AvgIpc) is 2.98. The van der Waals surface area contributed by atoms with Crippen molar-refractivity contribution < 1.29 is 0 Å². The van der Waals surface area contributed by atoms with Crippen LogP contribution in [-0.2, 0) is 7.05 Å². The van der Waals surface area contributed by atoms with Crippen molar-refractivity contribution >= 4 is 0 Å². The maximum Gasteiger partial charge on any atom is 0.0537 e. The molecular weight excluding hydrogens is 212 g/mol. The first kappa shape index (κ1) is 12.6. The Morgan fingerprint density at radius 1 is 1.59 bits per heavy atom. The zero-order valence-electron chi connectivity index (χ0n) is 11.0. The molecule has 2 rings (SSSR count). The molecular formula is C13H24N4. The van der Waals surface area contributed by atoms with E-state index in [1.54, 1.807) is 0 Å². The van der Waals surface area contributed by atoms with Gasteiger partial charge in [0.05, 0.1) is 6.20 Å². The van der Waals surface area contributed by atoms with E-state index in [-0.39, 0.29) is 6.04 Å². The van der Waals surface area contributed by atoms with Gasteiger partial charge in [-0.15, -0.1) is 0 Å². The van der Waals surface area contributed by atoms with Gasteiger partial charge in [-0.2, -0.15) is 5.10 Å². The van der Waals surface area contributed by atoms with Crippen LogP contribution in [0.4, 0.5) is 0 Å². The van der Waals surface area contributed by atoms with Crippen LogP contribution in [0.2, 0.25) is 0 Å². The van der Waals surface area contributed by atoms with Gasteiger partial charge in [-0.25, -0.2) is 0 Å². The first-order valence-electron chi connectivity index (χ1n) is 6.65. The Balaban J connectivity index is 1.87. The molecule has 1 unspecified atom stereocenters. The van der Waals surface area contributed by atoms with Gasteiger partial charge in [0, 0.05) is 37.9 Å². The summed E-state index contributed by atoms with van der Waals surface area (Å²) < 4.78 is 1.82. The summed E-state index contributed by atoms with van der Waals surface area (Å²) in [5, 5.41) is 4.18. The summed E-state index contributed by atoms with van der Waals surface area (Å²) in [5.74, 6) is 0.933. The maximum absolute atomic E-state index is 6.24. The first-order chi connectivity index (χ1) is 8.19. The Bertz CT molecular complexity index is 343. The second-order valence-electron chi connectivity index (χ2n) is 5.26. The molecule has 2 N–H and O–H groups in total. The van der Waals surface area contributed by atoms with E-state index in [2.05, 4.69) is 16.9 Å². The van der Waals surface area contributed by atoms with E-state index in [1.165, 1.54) is 25.8 Å². The molecule has 1 heterocycles.